The molecular formula is C17H20F3N3O6S. The van der Waals surface area contributed by atoms with Gasteiger partial charge < -0.3 is 10.1 Å². The lowest BCUT2D eigenvalue weighted by Gasteiger charge is -2.30. The van der Waals surface area contributed by atoms with Crippen LogP contribution in [0.25, 0.3) is 0 Å². The van der Waals surface area contributed by atoms with Crippen LogP contribution in [0.5, 0.6) is 0 Å². The Morgan fingerprint density at radius 2 is 1.83 bits per heavy atom. The molecule has 0 radical (unpaired) electrons. The molecule has 1 aliphatic heterocycles. The minimum atomic E-state index is -4.67. The van der Waals surface area contributed by atoms with Gasteiger partial charge in [-0.3, -0.25) is 14.9 Å². The van der Waals surface area contributed by atoms with Crippen molar-refractivity contribution in [3.8, 4) is 0 Å². The van der Waals surface area contributed by atoms with Gasteiger partial charge in [-0.25, -0.2) is 13.2 Å². The summed E-state index contributed by atoms with van der Waals surface area (Å²) in [7, 11) is -2.86. The van der Waals surface area contributed by atoms with E-state index in [0.29, 0.717) is 6.07 Å². The van der Waals surface area contributed by atoms with Crippen molar-refractivity contribution in [1.82, 2.24) is 14.9 Å². The summed E-state index contributed by atoms with van der Waals surface area (Å²) in [5, 5.41) is 4.07. The third kappa shape index (κ3) is 5.92. The first-order valence-electron chi connectivity index (χ1n) is 8.80. The fraction of sp³-hybridized carbons (Fsp3) is 0.471. The SMILES string of the molecule is CNC(=O)NC(=O)COC(=O)C1CCN(S(=O)(=O)c2cccc(C(F)(F)F)c2)CC1. The highest BCUT2D eigenvalue weighted by Crippen LogP contribution is 2.32. The van der Waals surface area contributed by atoms with Crippen LogP contribution in [-0.4, -0.2) is 57.4 Å². The number of hydrogen-bond acceptors (Lipinski definition) is 6. The lowest BCUT2D eigenvalue weighted by Crippen LogP contribution is -2.42. The van der Waals surface area contributed by atoms with Gasteiger partial charge in [0.1, 0.15) is 0 Å². The molecule has 2 rings (SSSR count). The van der Waals surface area contributed by atoms with E-state index in [0.717, 1.165) is 22.5 Å². The highest BCUT2D eigenvalue weighted by Gasteiger charge is 2.35. The number of ether oxygens (including phenoxy) is 1. The van der Waals surface area contributed by atoms with Crippen LogP contribution in [0.4, 0.5) is 18.0 Å². The molecule has 1 aromatic rings. The van der Waals surface area contributed by atoms with Crippen molar-refractivity contribution in [2.24, 2.45) is 5.92 Å². The Balaban J connectivity index is 1.94. The van der Waals surface area contributed by atoms with E-state index in [1.165, 1.54) is 7.05 Å². The van der Waals surface area contributed by atoms with Crippen LogP contribution in [0.1, 0.15) is 18.4 Å². The lowest BCUT2D eigenvalue weighted by atomic mass is 9.98. The smallest absolute Gasteiger partial charge is 0.416 e. The third-order valence-electron chi connectivity index (χ3n) is 4.41. The molecule has 1 fully saturated rings. The van der Waals surface area contributed by atoms with Crippen molar-refractivity contribution in [2.45, 2.75) is 23.9 Å². The molecule has 1 aliphatic rings. The molecule has 0 spiro atoms. The van der Waals surface area contributed by atoms with Gasteiger partial charge in [0.05, 0.1) is 16.4 Å². The maximum Gasteiger partial charge on any atom is 0.416 e. The lowest BCUT2D eigenvalue weighted by molar-refractivity contribution is -0.153. The van der Waals surface area contributed by atoms with Crippen LogP contribution in [0.3, 0.4) is 0 Å². The molecule has 1 saturated heterocycles. The normalized spacial score (nSPS) is 16.0. The summed E-state index contributed by atoms with van der Waals surface area (Å²) in [6, 6.07) is 2.69. The standard InChI is InChI=1S/C17H20F3N3O6S/c1-21-16(26)22-14(24)10-29-15(25)11-5-7-23(8-6-11)30(27,28)13-4-2-3-12(9-13)17(18,19)20/h2-4,9,11H,5-8,10H2,1H3,(H2,21,22,24,26). The second-order valence-electron chi connectivity index (χ2n) is 6.44. The van der Waals surface area contributed by atoms with Gasteiger partial charge >= 0.3 is 18.2 Å². The number of nitrogens with one attached hydrogen (secondary N) is 2. The molecular weight excluding hydrogens is 431 g/mol. The van der Waals surface area contributed by atoms with E-state index in [9.17, 15) is 36.0 Å². The second-order valence-corrected chi connectivity index (χ2v) is 8.38. The molecule has 1 heterocycles. The Kier molecular flexibility index (Phi) is 7.42. The van der Waals surface area contributed by atoms with Crippen molar-refractivity contribution < 1.29 is 40.7 Å². The average molecular weight is 451 g/mol. The van der Waals surface area contributed by atoms with Crippen LogP contribution >= 0.6 is 0 Å². The van der Waals surface area contributed by atoms with Crippen molar-refractivity contribution >= 4 is 27.9 Å². The molecule has 0 bridgehead atoms. The zero-order chi connectivity index (χ0) is 22.5. The van der Waals surface area contributed by atoms with Crippen LogP contribution in [0.15, 0.2) is 29.2 Å². The Morgan fingerprint density at radius 1 is 1.20 bits per heavy atom. The number of carbonyl (C=O) groups is 3. The number of alkyl halides is 3. The van der Waals surface area contributed by atoms with E-state index in [2.05, 4.69) is 5.32 Å². The van der Waals surface area contributed by atoms with Crippen LogP contribution < -0.4 is 10.6 Å². The summed E-state index contributed by atoms with van der Waals surface area (Å²) in [5.74, 6) is -2.23. The Morgan fingerprint density at radius 3 is 2.40 bits per heavy atom. The van der Waals surface area contributed by atoms with E-state index < -0.39 is 57.1 Å². The summed E-state index contributed by atoms with van der Waals surface area (Å²) < 4.78 is 69.7. The first-order valence-corrected chi connectivity index (χ1v) is 10.2. The number of urea groups is 1. The Bertz CT molecular complexity index is 912. The van der Waals surface area contributed by atoms with E-state index >= 15 is 0 Å². The predicted octanol–water partition coefficient (Wildman–Crippen LogP) is 1.10. The Labute approximate surface area is 170 Å². The van der Waals surface area contributed by atoms with Gasteiger partial charge in [-0.15, -0.1) is 0 Å². The molecule has 166 valence electrons. The summed E-state index contributed by atoms with van der Waals surface area (Å²) in [4.78, 5) is 34.0. The second kappa shape index (κ2) is 9.43. The number of imide groups is 1. The largest absolute Gasteiger partial charge is 0.455 e. The molecule has 3 amide bonds. The van der Waals surface area contributed by atoms with Crippen molar-refractivity contribution in [3.05, 3.63) is 29.8 Å². The minimum Gasteiger partial charge on any atom is -0.455 e. The van der Waals surface area contributed by atoms with Crippen LogP contribution in [0, 0.1) is 5.92 Å². The van der Waals surface area contributed by atoms with Gasteiger partial charge in [0, 0.05) is 20.1 Å². The number of benzene rings is 1. The molecule has 0 atom stereocenters. The number of carbonyl (C=O) groups excluding carboxylic acids is 3. The molecule has 13 heteroatoms. The van der Waals surface area contributed by atoms with Crippen molar-refractivity contribution in [3.63, 3.8) is 0 Å². The summed E-state index contributed by atoms with van der Waals surface area (Å²) in [6.07, 6.45) is -4.52. The number of rotatable bonds is 5. The topological polar surface area (TPSA) is 122 Å². The molecule has 0 aliphatic carbocycles. The van der Waals surface area contributed by atoms with Gasteiger partial charge in [0.2, 0.25) is 10.0 Å². The third-order valence-corrected chi connectivity index (χ3v) is 6.31. The van der Waals surface area contributed by atoms with Crippen molar-refractivity contribution in [2.75, 3.05) is 26.7 Å². The average Bonchev–Trinajstić information content (AvgIpc) is 2.71. The van der Waals surface area contributed by atoms with E-state index in [1.807, 2.05) is 5.32 Å². The van der Waals surface area contributed by atoms with E-state index in [4.69, 9.17) is 4.74 Å². The minimum absolute atomic E-state index is 0.0775. The molecule has 1 aromatic carbocycles. The molecule has 30 heavy (non-hydrogen) atoms. The monoisotopic (exact) mass is 451 g/mol. The number of halogens is 3. The number of hydrogen-bond donors (Lipinski definition) is 2. The summed E-state index contributed by atoms with van der Waals surface area (Å²) in [5.41, 5.74) is -1.07. The van der Waals surface area contributed by atoms with Crippen LogP contribution in [-0.2, 0) is 30.5 Å². The Hall–Kier alpha value is -2.67. The van der Waals surface area contributed by atoms with Gasteiger partial charge in [-0.1, -0.05) is 6.07 Å². The molecule has 0 aromatic heterocycles. The van der Waals surface area contributed by atoms with Gasteiger partial charge in [-0.2, -0.15) is 17.5 Å². The maximum absolute atomic E-state index is 12.8. The quantitative estimate of drug-likeness (QED) is 0.647. The first-order chi connectivity index (χ1) is 13.9. The number of sulfonamides is 1. The fourth-order valence-corrected chi connectivity index (χ4v) is 4.31. The van der Waals surface area contributed by atoms with Crippen molar-refractivity contribution in [1.29, 1.82) is 0 Å². The fourth-order valence-electron chi connectivity index (χ4n) is 2.79. The highest BCUT2D eigenvalue weighted by molar-refractivity contribution is 7.89. The number of nitrogens with zero attached hydrogens (tertiary/aromatic N) is 1. The first kappa shape index (κ1) is 23.6. The highest BCUT2D eigenvalue weighted by atomic mass is 32.2. The van der Waals surface area contributed by atoms with E-state index in [1.54, 1.807) is 0 Å². The zero-order valence-electron chi connectivity index (χ0n) is 15.9. The number of esters is 1. The molecule has 0 unspecified atom stereocenters. The summed E-state index contributed by atoms with van der Waals surface area (Å²) in [6.45, 7) is -0.861. The molecule has 2 N–H and O–H groups in total. The number of amides is 3. The summed E-state index contributed by atoms with van der Waals surface area (Å²) >= 11 is 0. The van der Waals surface area contributed by atoms with Gasteiger partial charge in [0.15, 0.2) is 6.61 Å². The van der Waals surface area contributed by atoms with E-state index in [-0.39, 0.29) is 25.9 Å². The van der Waals surface area contributed by atoms with Crippen LogP contribution in [0.2, 0.25) is 0 Å². The molecule has 0 saturated carbocycles. The maximum atomic E-state index is 12.8. The predicted molar refractivity (Wildman–Crippen MR) is 96.5 cm³/mol. The van der Waals surface area contributed by atoms with Gasteiger partial charge in [0.25, 0.3) is 5.91 Å². The number of piperidine rings is 1. The zero-order valence-corrected chi connectivity index (χ0v) is 16.7. The van der Waals surface area contributed by atoms with Gasteiger partial charge in [-0.05, 0) is 31.0 Å². The molecule has 9 nitrogen and oxygen atoms in total.